The van der Waals surface area contributed by atoms with Gasteiger partial charge in [0.2, 0.25) is 10.0 Å². The van der Waals surface area contributed by atoms with Gasteiger partial charge < -0.3 is 9.88 Å². The highest BCUT2D eigenvalue weighted by molar-refractivity contribution is 7.89. The van der Waals surface area contributed by atoms with Gasteiger partial charge in [-0.1, -0.05) is 6.42 Å². The van der Waals surface area contributed by atoms with Gasteiger partial charge in [-0.15, -0.1) is 0 Å². The fourth-order valence-electron chi connectivity index (χ4n) is 3.04. The monoisotopic (exact) mass is 390 g/mol. The molecular formula is C18H19FN4O3S. The quantitative estimate of drug-likeness (QED) is 0.867. The smallest absolute Gasteiger partial charge is 0.272 e. The molecule has 0 spiro atoms. The lowest BCUT2D eigenvalue weighted by atomic mass is 10.2. The fourth-order valence-corrected chi connectivity index (χ4v) is 4.63. The molecule has 1 N–H and O–H groups in total. The van der Waals surface area contributed by atoms with Crippen molar-refractivity contribution in [3.63, 3.8) is 0 Å². The van der Waals surface area contributed by atoms with Gasteiger partial charge >= 0.3 is 0 Å². The molecule has 0 bridgehead atoms. The topological polar surface area (TPSA) is 95.2 Å². The van der Waals surface area contributed by atoms with E-state index >= 15 is 0 Å². The Morgan fingerprint density at radius 1 is 1.22 bits per heavy atom. The van der Waals surface area contributed by atoms with E-state index in [0.717, 1.165) is 25.3 Å². The maximum Gasteiger partial charge on any atom is 0.272 e. The number of piperidine rings is 1. The third kappa shape index (κ3) is 3.86. The SMILES string of the molecule is Cn1cc(S(=O)(=O)N2CCCCC2)cc1C(=O)Nc1ccc(F)c(C#N)c1. The van der Waals surface area contributed by atoms with Crippen LogP contribution >= 0.6 is 0 Å². The van der Waals surface area contributed by atoms with Gasteiger partial charge in [-0.3, -0.25) is 4.79 Å². The summed E-state index contributed by atoms with van der Waals surface area (Å²) >= 11 is 0. The van der Waals surface area contributed by atoms with Crippen LogP contribution in [0.2, 0.25) is 0 Å². The van der Waals surface area contributed by atoms with Crippen molar-refractivity contribution in [1.82, 2.24) is 8.87 Å². The van der Waals surface area contributed by atoms with Crippen LogP contribution in [0.15, 0.2) is 35.4 Å². The first-order chi connectivity index (χ1) is 12.8. The molecule has 0 atom stereocenters. The minimum absolute atomic E-state index is 0.0638. The van der Waals surface area contributed by atoms with Crippen LogP contribution in [0.3, 0.4) is 0 Å². The standard InChI is InChI=1S/C18H19FN4O3S/c1-22-12-15(27(25,26)23-7-3-2-4-8-23)10-17(22)18(24)21-14-5-6-16(19)13(9-14)11-20/h5-6,9-10,12H,2-4,7-8H2,1H3,(H,21,24). The van der Waals surface area contributed by atoms with Crippen LogP contribution in [0.4, 0.5) is 10.1 Å². The van der Waals surface area contributed by atoms with Crippen LogP contribution in [-0.2, 0) is 17.1 Å². The Morgan fingerprint density at radius 3 is 2.59 bits per heavy atom. The third-order valence-corrected chi connectivity index (χ3v) is 6.37. The number of amides is 1. The van der Waals surface area contributed by atoms with Gasteiger partial charge in [0.15, 0.2) is 0 Å². The molecule has 0 aliphatic carbocycles. The van der Waals surface area contributed by atoms with Gasteiger partial charge in [0.05, 0.1) is 5.56 Å². The highest BCUT2D eigenvalue weighted by Crippen LogP contribution is 2.23. The van der Waals surface area contributed by atoms with E-state index in [2.05, 4.69) is 5.32 Å². The number of carbonyl (C=O) groups excluding carboxylic acids is 1. The molecule has 1 saturated heterocycles. The van der Waals surface area contributed by atoms with Gasteiger partial charge in [-0.25, -0.2) is 12.8 Å². The summed E-state index contributed by atoms with van der Waals surface area (Å²) in [6, 6.07) is 6.68. The summed E-state index contributed by atoms with van der Waals surface area (Å²) in [5, 5.41) is 11.4. The molecule has 0 radical (unpaired) electrons. The molecule has 0 unspecified atom stereocenters. The third-order valence-electron chi connectivity index (χ3n) is 4.51. The lowest BCUT2D eigenvalue weighted by molar-refractivity contribution is 0.101. The number of carbonyl (C=O) groups is 1. The van der Waals surface area contributed by atoms with Crippen molar-refractivity contribution in [2.75, 3.05) is 18.4 Å². The molecule has 1 aliphatic rings. The minimum Gasteiger partial charge on any atom is -0.345 e. The second-order valence-corrected chi connectivity index (χ2v) is 8.34. The Bertz CT molecular complexity index is 1020. The summed E-state index contributed by atoms with van der Waals surface area (Å²) in [6.45, 7) is 0.955. The molecule has 1 amide bonds. The number of anilines is 1. The average molecular weight is 390 g/mol. The van der Waals surface area contributed by atoms with E-state index < -0.39 is 21.7 Å². The number of rotatable bonds is 4. The molecular weight excluding hydrogens is 371 g/mol. The van der Waals surface area contributed by atoms with E-state index in [4.69, 9.17) is 5.26 Å². The number of hydrogen-bond donors (Lipinski definition) is 1. The maximum atomic E-state index is 13.4. The van der Waals surface area contributed by atoms with Crippen molar-refractivity contribution in [3.8, 4) is 6.07 Å². The maximum absolute atomic E-state index is 13.4. The molecule has 142 valence electrons. The molecule has 9 heteroatoms. The molecule has 1 aliphatic heterocycles. The minimum atomic E-state index is -3.65. The van der Waals surface area contributed by atoms with Crippen LogP contribution in [0, 0.1) is 17.1 Å². The highest BCUT2D eigenvalue weighted by atomic mass is 32.2. The van der Waals surface area contributed by atoms with E-state index in [9.17, 15) is 17.6 Å². The number of sulfonamides is 1. The number of nitrogens with zero attached hydrogens (tertiary/aromatic N) is 3. The van der Waals surface area contributed by atoms with Gasteiger partial charge in [-0.2, -0.15) is 9.57 Å². The van der Waals surface area contributed by atoms with E-state index in [-0.39, 0.29) is 21.8 Å². The Balaban J connectivity index is 1.84. The summed E-state index contributed by atoms with van der Waals surface area (Å²) in [7, 11) is -2.07. The van der Waals surface area contributed by atoms with Crippen LogP contribution in [0.25, 0.3) is 0 Å². The predicted molar refractivity (Wildman–Crippen MR) is 97.1 cm³/mol. The van der Waals surface area contributed by atoms with Crippen molar-refractivity contribution >= 4 is 21.6 Å². The number of nitriles is 1. The molecule has 7 nitrogen and oxygen atoms in total. The second-order valence-electron chi connectivity index (χ2n) is 6.40. The van der Waals surface area contributed by atoms with Crippen molar-refractivity contribution in [3.05, 3.63) is 47.5 Å². The number of benzene rings is 1. The van der Waals surface area contributed by atoms with E-state index in [0.29, 0.717) is 13.1 Å². The Labute approximate surface area is 157 Å². The zero-order valence-corrected chi connectivity index (χ0v) is 15.6. The average Bonchev–Trinajstić information content (AvgIpc) is 3.06. The summed E-state index contributed by atoms with van der Waals surface area (Å²) < 4.78 is 41.8. The van der Waals surface area contributed by atoms with Crippen molar-refractivity contribution < 1.29 is 17.6 Å². The molecule has 1 aromatic carbocycles. The summed E-state index contributed by atoms with van der Waals surface area (Å²) in [5.74, 6) is -1.22. The Hall–Kier alpha value is -2.70. The Morgan fingerprint density at radius 2 is 1.93 bits per heavy atom. The lowest BCUT2D eigenvalue weighted by Gasteiger charge is -2.25. The van der Waals surface area contributed by atoms with Gasteiger partial charge in [-0.05, 0) is 37.1 Å². The molecule has 1 aromatic heterocycles. The molecule has 1 fully saturated rings. The summed E-state index contributed by atoms with van der Waals surface area (Å²) in [6.07, 6.45) is 4.07. The first-order valence-electron chi connectivity index (χ1n) is 8.50. The predicted octanol–water partition coefficient (Wildman–Crippen LogP) is 2.46. The number of halogens is 1. The lowest BCUT2D eigenvalue weighted by Crippen LogP contribution is -2.35. The van der Waals surface area contributed by atoms with Crippen LogP contribution in [-0.4, -0.2) is 36.3 Å². The van der Waals surface area contributed by atoms with Gasteiger partial charge in [0.25, 0.3) is 5.91 Å². The molecule has 0 saturated carbocycles. The highest BCUT2D eigenvalue weighted by Gasteiger charge is 2.28. The van der Waals surface area contributed by atoms with Crippen LogP contribution in [0.1, 0.15) is 35.3 Å². The summed E-state index contributed by atoms with van der Waals surface area (Å²) in [4.78, 5) is 12.6. The van der Waals surface area contributed by atoms with Gasteiger partial charge in [0.1, 0.15) is 22.5 Å². The number of nitrogens with one attached hydrogen (secondary N) is 1. The zero-order chi connectivity index (χ0) is 19.6. The zero-order valence-electron chi connectivity index (χ0n) is 14.8. The second kappa shape index (κ2) is 7.50. The molecule has 2 heterocycles. The number of aryl methyl sites for hydroxylation is 1. The largest absolute Gasteiger partial charge is 0.345 e. The normalized spacial score (nSPS) is 15.3. The van der Waals surface area contributed by atoms with E-state index in [1.54, 1.807) is 13.1 Å². The summed E-state index contributed by atoms with van der Waals surface area (Å²) in [5.41, 5.74) is 0.209. The van der Waals surface area contributed by atoms with Crippen LogP contribution < -0.4 is 5.32 Å². The number of hydrogen-bond acceptors (Lipinski definition) is 4. The fraction of sp³-hybridized carbons (Fsp3) is 0.333. The van der Waals surface area contributed by atoms with Crippen molar-refractivity contribution in [1.29, 1.82) is 5.26 Å². The molecule has 2 aromatic rings. The molecule has 3 rings (SSSR count). The number of aromatic nitrogens is 1. The van der Waals surface area contributed by atoms with Crippen molar-refractivity contribution in [2.24, 2.45) is 7.05 Å². The first-order valence-corrected chi connectivity index (χ1v) is 9.94. The van der Waals surface area contributed by atoms with E-state index in [1.807, 2.05) is 0 Å². The van der Waals surface area contributed by atoms with Crippen LogP contribution in [0.5, 0.6) is 0 Å². The van der Waals surface area contributed by atoms with Gasteiger partial charge in [0, 0.05) is 32.0 Å². The first kappa shape index (κ1) is 19.1. The van der Waals surface area contributed by atoms with E-state index in [1.165, 1.54) is 33.3 Å². The molecule has 27 heavy (non-hydrogen) atoms. The Kier molecular flexibility index (Phi) is 5.30. The van der Waals surface area contributed by atoms with Crippen molar-refractivity contribution in [2.45, 2.75) is 24.2 Å².